The van der Waals surface area contributed by atoms with E-state index in [4.69, 9.17) is 0 Å². The summed E-state index contributed by atoms with van der Waals surface area (Å²) in [6, 6.07) is 0. The Bertz CT molecular complexity index is 596. The van der Waals surface area contributed by atoms with Crippen LogP contribution in [0, 0.1) is 0 Å². The van der Waals surface area contributed by atoms with E-state index in [-0.39, 0.29) is 19.5 Å². The number of unbranched alkanes of at least 4 members (excludes halogenated alkanes) is 22. The van der Waals surface area contributed by atoms with Gasteiger partial charge in [-0.3, -0.25) is 0 Å². The third kappa shape index (κ3) is 48.6. The summed E-state index contributed by atoms with van der Waals surface area (Å²) in [5, 5.41) is 20.2. The number of hydrogen-bond donors (Lipinski definition) is 0. The second kappa shape index (κ2) is 40.7. The summed E-state index contributed by atoms with van der Waals surface area (Å²) in [6.07, 6.45) is 44.7. The molecule has 0 rings (SSSR count). The molecule has 0 spiro atoms. The van der Waals surface area contributed by atoms with Crippen LogP contribution < -0.4 is 10.2 Å². The molecule has 0 aliphatic heterocycles. The molecule has 0 radical (unpaired) electrons. The quantitative estimate of drug-likeness (QED) is 0.0377. The zero-order valence-corrected chi connectivity index (χ0v) is 29.9. The van der Waals surface area contributed by atoms with Crippen LogP contribution >= 0.6 is 0 Å². The van der Waals surface area contributed by atoms with Crippen LogP contribution in [-0.4, -0.2) is 11.9 Å². The third-order valence-electron chi connectivity index (χ3n) is 6.91. The van der Waals surface area contributed by atoms with Crippen LogP contribution in [-0.2, 0) is 29.1 Å². The van der Waals surface area contributed by atoms with Crippen molar-refractivity contribution >= 4 is 11.9 Å². The minimum Gasteiger partial charge on any atom is -0.545 e. The van der Waals surface area contributed by atoms with E-state index in [2.05, 4.69) is 13.8 Å². The van der Waals surface area contributed by atoms with E-state index in [1.165, 1.54) is 153 Å². The van der Waals surface area contributed by atoms with Gasteiger partial charge in [-0.05, 0) is 37.8 Å². The van der Waals surface area contributed by atoms with Gasteiger partial charge in [-0.25, -0.2) is 0 Å². The Labute approximate surface area is 267 Å². The van der Waals surface area contributed by atoms with Gasteiger partial charge in [0, 0.05) is 0 Å². The molecule has 0 atom stereocenters. The van der Waals surface area contributed by atoms with Gasteiger partial charge >= 0.3 is 19.5 Å². The Balaban J connectivity index is -0.000000688. The van der Waals surface area contributed by atoms with E-state index in [1.807, 2.05) is 12.2 Å². The summed E-state index contributed by atoms with van der Waals surface area (Å²) < 4.78 is 0. The third-order valence-corrected chi connectivity index (χ3v) is 6.91. The monoisotopic (exact) mass is 622 g/mol. The summed E-state index contributed by atoms with van der Waals surface area (Å²) in [7, 11) is 0. The largest absolute Gasteiger partial charge is 2.00 e. The number of carbonyl (C=O) groups excluding carboxylic acids is 2. The van der Waals surface area contributed by atoms with Gasteiger partial charge in [-0.15, -0.1) is 0 Å². The first-order valence-electron chi connectivity index (χ1n) is 16.6. The van der Waals surface area contributed by atoms with Crippen molar-refractivity contribution in [2.75, 3.05) is 0 Å². The molecule has 0 saturated heterocycles. The number of hydrogen-bond acceptors (Lipinski definition) is 4. The van der Waals surface area contributed by atoms with Crippen LogP contribution in [0.4, 0.5) is 0 Å². The first kappa shape index (κ1) is 44.0. The van der Waals surface area contributed by atoms with Gasteiger partial charge in [0.1, 0.15) is 0 Å². The molecule has 0 N–H and O–H groups in total. The Morgan fingerprint density at radius 3 is 0.902 bits per heavy atom. The molecule has 0 aromatic rings. The fourth-order valence-corrected chi connectivity index (χ4v) is 4.47. The predicted octanol–water partition coefficient (Wildman–Crippen LogP) is 9.10. The average molecular weight is 624 g/mol. The normalized spacial score (nSPS) is 11.4. The van der Waals surface area contributed by atoms with Crippen LogP contribution in [0.15, 0.2) is 48.6 Å². The molecule has 0 aliphatic carbocycles. The zero-order valence-electron chi connectivity index (χ0n) is 26.9. The molecule has 0 fully saturated rings. The molecule has 4 nitrogen and oxygen atoms in total. The first-order chi connectivity index (χ1) is 19.5. The summed E-state index contributed by atoms with van der Waals surface area (Å²) in [5.41, 5.74) is 0. The number of allylic oxidation sites excluding steroid dienone is 6. The van der Waals surface area contributed by atoms with Crippen molar-refractivity contribution in [3.8, 4) is 0 Å². The van der Waals surface area contributed by atoms with Gasteiger partial charge in [0.05, 0.1) is 11.9 Å². The van der Waals surface area contributed by atoms with E-state index in [0.717, 1.165) is 25.0 Å². The van der Waals surface area contributed by atoms with Gasteiger partial charge in [0.2, 0.25) is 0 Å². The molecule has 0 aromatic carbocycles. The molecule has 5 heteroatoms. The summed E-state index contributed by atoms with van der Waals surface area (Å²) in [5.74, 6) is -2.27. The average Bonchev–Trinajstić information content (AvgIpc) is 2.93. The van der Waals surface area contributed by atoms with E-state index in [1.54, 1.807) is 12.2 Å². The van der Waals surface area contributed by atoms with Crippen molar-refractivity contribution in [2.45, 2.75) is 168 Å². The fraction of sp³-hybridized carbons (Fsp3) is 0.722. The summed E-state index contributed by atoms with van der Waals surface area (Å²) >= 11 is 0. The van der Waals surface area contributed by atoms with Crippen LogP contribution in [0.3, 0.4) is 0 Å². The number of carboxylic acid groups (broad SMARTS) is 2. The van der Waals surface area contributed by atoms with Crippen LogP contribution in [0.2, 0.25) is 0 Å². The van der Waals surface area contributed by atoms with Gasteiger partial charge in [-0.1, -0.05) is 179 Å². The molecule has 0 saturated carbocycles. The van der Waals surface area contributed by atoms with Crippen molar-refractivity contribution in [3.63, 3.8) is 0 Å². The minimum atomic E-state index is -1.13. The molecule has 0 bridgehead atoms. The second-order valence-corrected chi connectivity index (χ2v) is 10.9. The first-order valence-corrected chi connectivity index (χ1v) is 16.6. The second-order valence-electron chi connectivity index (χ2n) is 10.9. The summed E-state index contributed by atoms with van der Waals surface area (Å²) in [4.78, 5) is 20.2. The standard InChI is InChI=1S/2C18H32O2.Zn/c2*1-2-3-4-5-6-7-8-9-10-11-12-13-14-15-16-17-18(19)20;/h2*14-17H,2-13H2,1H3,(H,19,20);/q;;+2/p-2. The van der Waals surface area contributed by atoms with E-state index in [0.29, 0.717) is 0 Å². The maximum atomic E-state index is 10.1. The molecule has 232 valence electrons. The molecule has 0 aliphatic rings. The zero-order chi connectivity index (χ0) is 29.8. The van der Waals surface area contributed by atoms with E-state index < -0.39 is 11.9 Å². The number of aliphatic carboxylic acids is 2. The maximum Gasteiger partial charge on any atom is 2.00 e. The smallest absolute Gasteiger partial charge is 0.545 e. The Kier molecular flexibility index (Phi) is 43.6. The Hall–Kier alpha value is -1.48. The molecule has 0 heterocycles. The SMILES string of the molecule is CCCCCCCCCCCCCC=CC=CC(=O)[O-].CCCCCCCCCCCCCC=CC=CC(=O)[O-].[Zn+2]. The maximum absolute atomic E-state index is 10.1. The number of rotatable bonds is 28. The Morgan fingerprint density at radius 2 is 0.659 bits per heavy atom. The Morgan fingerprint density at radius 1 is 0.415 bits per heavy atom. The molecule has 0 unspecified atom stereocenters. The fourth-order valence-electron chi connectivity index (χ4n) is 4.47. The minimum absolute atomic E-state index is 0. The van der Waals surface area contributed by atoms with Gasteiger partial charge in [0.25, 0.3) is 0 Å². The van der Waals surface area contributed by atoms with Crippen molar-refractivity contribution in [1.82, 2.24) is 0 Å². The van der Waals surface area contributed by atoms with Gasteiger partial charge in [0.15, 0.2) is 0 Å². The van der Waals surface area contributed by atoms with Gasteiger partial charge in [-0.2, -0.15) is 0 Å². The van der Waals surface area contributed by atoms with Crippen molar-refractivity contribution in [3.05, 3.63) is 48.6 Å². The summed E-state index contributed by atoms with van der Waals surface area (Å²) in [6.45, 7) is 4.52. The van der Waals surface area contributed by atoms with E-state index in [9.17, 15) is 19.8 Å². The van der Waals surface area contributed by atoms with E-state index >= 15 is 0 Å². The van der Waals surface area contributed by atoms with Crippen LogP contribution in [0.5, 0.6) is 0 Å². The van der Waals surface area contributed by atoms with Crippen LogP contribution in [0.1, 0.15) is 168 Å². The molecule has 0 amide bonds. The van der Waals surface area contributed by atoms with Crippen molar-refractivity contribution in [1.29, 1.82) is 0 Å². The molecule has 41 heavy (non-hydrogen) atoms. The molecular formula is C36H62O4Zn. The van der Waals surface area contributed by atoms with Crippen molar-refractivity contribution in [2.24, 2.45) is 0 Å². The predicted molar refractivity (Wildman–Crippen MR) is 169 cm³/mol. The molecule has 0 aromatic heterocycles. The van der Waals surface area contributed by atoms with Gasteiger partial charge < -0.3 is 19.8 Å². The topological polar surface area (TPSA) is 80.3 Å². The van der Waals surface area contributed by atoms with Crippen molar-refractivity contribution < 1.29 is 39.3 Å². The van der Waals surface area contributed by atoms with Crippen LogP contribution in [0.25, 0.3) is 0 Å². The molecular weight excluding hydrogens is 562 g/mol. The number of carboxylic acids is 2. The number of carbonyl (C=O) groups is 2.